The number of halogens is 2. The lowest BCUT2D eigenvalue weighted by atomic mass is 10.0. The van der Waals surface area contributed by atoms with Gasteiger partial charge < -0.3 is 9.73 Å². The molecule has 0 aliphatic rings. The molecule has 2 rings (SSSR count). The third-order valence-electron chi connectivity index (χ3n) is 2.96. The second-order valence-electron chi connectivity index (χ2n) is 4.46. The van der Waals surface area contributed by atoms with Crippen LogP contribution in [0.5, 0.6) is 0 Å². The number of benzene rings is 1. The molecule has 0 saturated carbocycles. The summed E-state index contributed by atoms with van der Waals surface area (Å²) in [6, 6.07) is 9.54. The highest BCUT2D eigenvalue weighted by Crippen LogP contribution is 2.26. The molecule has 1 heterocycles. The van der Waals surface area contributed by atoms with Crippen LogP contribution in [0.2, 0.25) is 10.0 Å². The van der Waals surface area contributed by atoms with Gasteiger partial charge in [-0.1, -0.05) is 30.1 Å². The molecule has 0 fully saturated rings. The van der Waals surface area contributed by atoms with Crippen molar-refractivity contribution < 1.29 is 4.42 Å². The molecule has 0 spiro atoms. The van der Waals surface area contributed by atoms with Crippen LogP contribution < -0.4 is 5.32 Å². The molecular weight excluding hydrogens is 281 g/mol. The van der Waals surface area contributed by atoms with Gasteiger partial charge in [-0.05, 0) is 55.3 Å². The first-order valence-electron chi connectivity index (χ1n) is 6.41. The van der Waals surface area contributed by atoms with E-state index in [1.54, 1.807) is 12.3 Å². The van der Waals surface area contributed by atoms with Crippen LogP contribution in [-0.2, 0) is 6.42 Å². The number of furan rings is 1. The summed E-state index contributed by atoms with van der Waals surface area (Å²) in [5.74, 6) is 0.921. The highest BCUT2D eigenvalue weighted by Gasteiger charge is 2.16. The van der Waals surface area contributed by atoms with Crippen LogP contribution in [0.1, 0.15) is 30.7 Å². The average Bonchev–Trinajstić information content (AvgIpc) is 2.92. The van der Waals surface area contributed by atoms with Crippen LogP contribution in [0.3, 0.4) is 0 Å². The maximum atomic E-state index is 6.22. The Morgan fingerprint density at radius 1 is 1.26 bits per heavy atom. The predicted octanol–water partition coefficient (Wildman–Crippen LogP) is 4.87. The molecule has 1 unspecified atom stereocenters. The largest absolute Gasteiger partial charge is 0.468 e. The van der Waals surface area contributed by atoms with Gasteiger partial charge in [0.05, 0.1) is 12.3 Å². The Morgan fingerprint density at radius 3 is 2.79 bits per heavy atom. The van der Waals surface area contributed by atoms with Crippen LogP contribution in [0, 0.1) is 0 Å². The fourth-order valence-corrected chi connectivity index (χ4v) is 2.39. The van der Waals surface area contributed by atoms with Gasteiger partial charge in [0.1, 0.15) is 5.76 Å². The minimum atomic E-state index is 0.117. The highest BCUT2D eigenvalue weighted by atomic mass is 35.5. The maximum absolute atomic E-state index is 6.22. The summed E-state index contributed by atoms with van der Waals surface area (Å²) in [6.45, 7) is 3.07. The van der Waals surface area contributed by atoms with Gasteiger partial charge >= 0.3 is 0 Å². The molecule has 2 nitrogen and oxygen atoms in total. The zero-order valence-corrected chi connectivity index (χ0v) is 12.3. The third kappa shape index (κ3) is 4.00. The molecule has 2 aromatic rings. The van der Waals surface area contributed by atoms with Gasteiger partial charge in [0, 0.05) is 10.0 Å². The molecule has 0 aliphatic carbocycles. The Morgan fingerprint density at radius 2 is 2.11 bits per heavy atom. The van der Waals surface area contributed by atoms with E-state index in [1.807, 2.05) is 24.3 Å². The van der Waals surface area contributed by atoms with E-state index in [1.165, 1.54) is 0 Å². The van der Waals surface area contributed by atoms with Gasteiger partial charge in [0.15, 0.2) is 0 Å². The van der Waals surface area contributed by atoms with Crippen LogP contribution in [0.4, 0.5) is 0 Å². The van der Waals surface area contributed by atoms with Crippen LogP contribution in [0.25, 0.3) is 0 Å². The van der Waals surface area contributed by atoms with E-state index in [-0.39, 0.29) is 6.04 Å². The molecular formula is C15H17Cl2NO. The number of nitrogens with one attached hydrogen (secondary N) is 1. The topological polar surface area (TPSA) is 25.2 Å². The Balaban J connectivity index is 2.17. The van der Waals surface area contributed by atoms with Crippen molar-refractivity contribution in [2.24, 2.45) is 0 Å². The van der Waals surface area contributed by atoms with Crippen molar-refractivity contribution in [2.75, 3.05) is 6.54 Å². The summed E-state index contributed by atoms with van der Waals surface area (Å²) < 4.78 is 5.50. The van der Waals surface area contributed by atoms with Gasteiger partial charge in [-0.2, -0.15) is 0 Å². The van der Waals surface area contributed by atoms with Crippen LogP contribution in [-0.4, -0.2) is 6.54 Å². The first-order valence-corrected chi connectivity index (χ1v) is 7.17. The predicted molar refractivity (Wildman–Crippen MR) is 79.9 cm³/mol. The van der Waals surface area contributed by atoms with Gasteiger partial charge in [0.2, 0.25) is 0 Å². The molecule has 0 radical (unpaired) electrons. The fourth-order valence-electron chi connectivity index (χ4n) is 2.00. The molecule has 0 saturated heterocycles. The van der Waals surface area contributed by atoms with Crippen LogP contribution in [0.15, 0.2) is 41.0 Å². The van der Waals surface area contributed by atoms with Crippen molar-refractivity contribution in [3.63, 3.8) is 0 Å². The van der Waals surface area contributed by atoms with Crippen molar-refractivity contribution in [2.45, 2.75) is 25.8 Å². The molecule has 4 heteroatoms. The Hall–Kier alpha value is -0.960. The maximum Gasteiger partial charge on any atom is 0.121 e. The molecule has 0 aliphatic heterocycles. The summed E-state index contributed by atoms with van der Waals surface area (Å²) >= 11 is 12.2. The van der Waals surface area contributed by atoms with E-state index < -0.39 is 0 Å². The lowest BCUT2D eigenvalue weighted by Crippen LogP contribution is -2.23. The van der Waals surface area contributed by atoms with Crippen molar-refractivity contribution >= 4 is 23.2 Å². The molecule has 1 aromatic heterocycles. The number of rotatable bonds is 6. The van der Waals surface area contributed by atoms with Gasteiger partial charge in [-0.25, -0.2) is 0 Å². The second kappa shape index (κ2) is 6.99. The van der Waals surface area contributed by atoms with Crippen molar-refractivity contribution in [3.05, 3.63) is 58.0 Å². The smallest absolute Gasteiger partial charge is 0.121 e. The van der Waals surface area contributed by atoms with E-state index in [9.17, 15) is 0 Å². The third-order valence-corrected chi connectivity index (χ3v) is 3.56. The summed E-state index contributed by atoms with van der Waals surface area (Å²) in [6.07, 6.45) is 3.52. The van der Waals surface area contributed by atoms with Crippen molar-refractivity contribution in [3.8, 4) is 0 Å². The lowest BCUT2D eigenvalue weighted by molar-refractivity contribution is 0.410. The highest BCUT2D eigenvalue weighted by molar-refractivity contribution is 6.33. The normalized spacial score (nSPS) is 12.6. The fraction of sp³-hybridized carbons (Fsp3) is 0.333. The van der Waals surface area contributed by atoms with Gasteiger partial charge in [0.25, 0.3) is 0 Å². The zero-order chi connectivity index (χ0) is 13.7. The molecule has 0 amide bonds. The van der Waals surface area contributed by atoms with E-state index >= 15 is 0 Å². The first kappa shape index (κ1) is 14.4. The van der Waals surface area contributed by atoms with E-state index in [0.717, 1.165) is 35.7 Å². The number of hydrogen-bond acceptors (Lipinski definition) is 2. The summed E-state index contributed by atoms with van der Waals surface area (Å²) in [7, 11) is 0. The van der Waals surface area contributed by atoms with Crippen LogP contribution >= 0.6 is 23.2 Å². The van der Waals surface area contributed by atoms with E-state index in [4.69, 9.17) is 27.6 Å². The average molecular weight is 298 g/mol. The van der Waals surface area contributed by atoms with Crippen molar-refractivity contribution in [1.29, 1.82) is 0 Å². The molecule has 102 valence electrons. The quantitative estimate of drug-likeness (QED) is 0.823. The van der Waals surface area contributed by atoms with E-state index in [0.29, 0.717) is 5.02 Å². The van der Waals surface area contributed by atoms with Crippen molar-refractivity contribution in [1.82, 2.24) is 5.32 Å². The van der Waals surface area contributed by atoms with E-state index in [2.05, 4.69) is 12.2 Å². The summed E-state index contributed by atoms with van der Waals surface area (Å²) in [5.41, 5.74) is 1.03. The minimum Gasteiger partial charge on any atom is -0.468 e. The molecule has 19 heavy (non-hydrogen) atoms. The zero-order valence-electron chi connectivity index (χ0n) is 10.8. The summed E-state index contributed by atoms with van der Waals surface area (Å²) in [4.78, 5) is 0. The monoisotopic (exact) mass is 297 g/mol. The number of hydrogen-bond donors (Lipinski definition) is 1. The lowest BCUT2D eigenvalue weighted by Gasteiger charge is -2.17. The molecule has 0 bridgehead atoms. The van der Waals surface area contributed by atoms with Gasteiger partial charge in [-0.15, -0.1) is 0 Å². The Bertz CT molecular complexity index is 511. The minimum absolute atomic E-state index is 0.117. The molecule has 1 aromatic carbocycles. The Labute approximate surface area is 123 Å². The first-order chi connectivity index (χ1) is 9.20. The molecule has 1 atom stereocenters. The summed E-state index contributed by atoms with van der Waals surface area (Å²) in [5, 5.41) is 4.91. The SMILES string of the molecule is CCCNC(Cc1cc(Cl)ccc1Cl)c1ccco1. The standard InChI is InChI=1S/C15H17Cl2NO/c1-2-7-18-14(15-4-3-8-19-15)10-11-9-12(16)5-6-13(11)17/h3-6,8-9,14,18H,2,7,10H2,1H3. The van der Waals surface area contributed by atoms with Gasteiger partial charge in [-0.3, -0.25) is 0 Å². The second-order valence-corrected chi connectivity index (χ2v) is 5.31. The molecule has 1 N–H and O–H groups in total. The Kier molecular flexibility index (Phi) is 5.32.